The molecule has 1 N–H and O–H groups in total. The molecule has 0 fully saturated rings. The number of benzene rings is 3. The smallest absolute Gasteiger partial charge is 0.341 e. The lowest BCUT2D eigenvalue weighted by molar-refractivity contribution is 0.0597. The van der Waals surface area contributed by atoms with Crippen LogP contribution in [0.1, 0.15) is 10.4 Å². The van der Waals surface area contributed by atoms with Gasteiger partial charge in [0.05, 0.1) is 14.2 Å². The van der Waals surface area contributed by atoms with Crippen molar-refractivity contribution in [2.75, 3.05) is 31.5 Å². The molecule has 3 aromatic carbocycles. The molecule has 0 atom stereocenters. The van der Waals surface area contributed by atoms with Crippen molar-refractivity contribution in [1.29, 1.82) is 0 Å². The van der Waals surface area contributed by atoms with Gasteiger partial charge in [0.25, 0.3) is 0 Å². The van der Waals surface area contributed by atoms with Crippen LogP contribution in [-0.2, 0) is 4.74 Å². The van der Waals surface area contributed by atoms with E-state index in [4.69, 9.17) is 14.2 Å². The standard InChI is InChI=1S/C23H22N2O5/c1-25(17-10-12-19(13-11-17)30-18-7-5-4-6-8-18)23(27)24-16-9-14-20(22(26)29-3)21(15-16)28-2/h4-15H,1-3H3,(H,24,27). The van der Waals surface area contributed by atoms with E-state index in [1.807, 2.05) is 30.3 Å². The van der Waals surface area contributed by atoms with E-state index in [1.165, 1.54) is 25.2 Å². The number of esters is 1. The SMILES string of the molecule is COC(=O)c1ccc(NC(=O)N(C)c2ccc(Oc3ccccc3)cc2)cc1OC. The van der Waals surface area contributed by atoms with Crippen molar-refractivity contribution in [2.24, 2.45) is 0 Å². The van der Waals surface area contributed by atoms with E-state index < -0.39 is 5.97 Å². The van der Waals surface area contributed by atoms with Gasteiger partial charge in [-0.05, 0) is 48.5 Å². The van der Waals surface area contributed by atoms with Gasteiger partial charge in [-0.2, -0.15) is 0 Å². The number of carbonyl (C=O) groups excluding carboxylic acids is 2. The first kappa shape index (κ1) is 20.7. The summed E-state index contributed by atoms with van der Waals surface area (Å²) < 4.78 is 15.7. The third kappa shape index (κ3) is 4.88. The lowest BCUT2D eigenvalue weighted by Crippen LogP contribution is -2.31. The number of nitrogens with one attached hydrogen (secondary N) is 1. The summed E-state index contributed by atoms with van der Waals surface area (Å²) >= 11 is 0. The number of para-hydroxylation sites is 1. The van der Waals surface area contributed by atoms with Crippen molar-refractivity contribution in [3.63, 3.8) is 0 Å². The molecule has 0 unspecified atom stereocenters. The van der Waals surface area contributed by atoms with E-state index in [0.29, 0.717) is 22.9 Å². The molecular formula is C23H22N2O5. The first-order valence-corrected chi connectivity index (χ1v) is 9.16. The van der Waals surface area contributed by atoms with E-state index >= 15 is 0 Å². The van der Waals surface area contributed by atoms with E-state index in [0.717, 1.165) is 5.75 Å². The zero-order valence-electron chi connectivity index (χ0n) is 16.9. The maximum absolute atomic E-state index is 12.6. The predicted octanol–water partition coefficient (Wildman–Crippen LogP) is 4.94. The normalized spacial score (nSPS) is 10.1. The Hall–Kier alpha value is -4.00. The molecule has 7 nitrogen and oxygen atoms in total. The predicted molar refractivity (Wildman–Crippen MR) is 115 cm³/mol. The van der Waals surface area contributed by atoms with Crippen molar-refractivity contribution in [2.45, 2.75) is 0 Å². The number of carbonyl (C=O) groups is 2. The van der Waals surface area contributed by atoms with Gasteiger partial charge in [-0.3, -0.25) is 4.90 Å². The van der Waals surface area contributed by atoms with Crippen LogP contribution in [0.15, 0.2) is 72.8 Å². The molecule has 0 spiro atoms. The van der Waals surface area contributed by atoms with Gasteiger partial charge >= 0.3 is 12.0 Å². The largest absolute Gasteiger partial charge is 0.496 e. The van der Waals surface area contributed by atoms with Crippen molar-refractivity contribution in [3.8, 4) is 17.2 Å². The van der Waals surface area contributed by atoms with Crippen LogP contribution in [0, 0.1) is 0 Å². The van der Waals surface area contributed by atoms with Gasteiger partial charge in [0.15, 0.2) is 0 Å². The van der Waals surface area contributed by atoms with Crippen LogP contribution in [0.4, 0.5) is 16.2 Å². The highest BCUT2D eigenvalue weighted by atomic mass is 16.5. The fourth-order valence-electron chi connectivity index (χ4n) is 2.73. The number of hydrogen-bond donors (Lipinski definition) is 1. The summed E-state index contributed by atoms with van der Waals surface area (Å²) in [7, 11) is 4.39. The number of urea groups is 1. The van der Waals surface area contributed by atoms with Crippen LogP contribution in [0.5, 0.6) is 17.2 Å². The zero-order valence-corrected chi connectivity index (χ0v) is 16.9. The molecule has 0 radical (unpaired) electrons. The Labute approximate surface area is 174 Å². The second-order valence-corrected chi connectivity index (χ2v) is 6.30. The molecule has 0 aliphatic carbocycles. The molecule has 2 amide bonds. The molecule has 3 rings (SSSR count). The number of rotatable bonds is 6. The Morgan fingerprint density at radius 3 is 2.17 bits per heavy atom. The molecule has 0 heterocycles. The molecule has 0 aromatic heterocycles. The number of amides is 2. The number of anilines is 2. The third-order valence-electron chi connectivity index (χ3n) is 4.37. The number of methoxy groups -OCH3 is 2. The minimum Gasteiger partial charge on any atom is -0.496 e. The zero-order chi connectivity index (χ0) is 21.5. The molecular weight excluding hydrogens is 384 g/mol. The average molecular weight is 406 g/mol. The monoisotopic (exact) mass is 406 g/mol. The van der Waals surface area contributed by atoms with Gasteiger partial charge in [-0.15, -0.1) is 0 Å². The first-order chi connectivity index (χ1) is 14.5. The lowest BCUT2D eigenvalue weighted by atomic mass is 10.2. The molecule has 0 bridgehead atoms. The fraction of sp³-hybridized carbons (Fsp3) is 0.130. The Morgan fingerprint density at radius 2 is 1.53 bits per heavy atom. The second kappa shape index (κ2) is 9.47. The van der Waals surface area contributed by atoms with Crippen molar-refractivity contribution < 1.29 is 23.8 Å². The maximum Gasteiger partial charge on any atom is 0.341 e. The van der Waals surface area contributed by atoms with Gasteiger partial charge in [-0.25, -0.2) is 9.59 Å². The first-order valence-electron chi connectivity index (χ1n) is 9.16. The summed E-state index contributed by atoms with van der Waals surface area (Å²) in [6.45, 7) is 0. The maximum atomic E-state index is 12.6. The van der Waals surface area contributed by atoms with Crippen LogP contribution in [0.2, 0.25) is 0 Å². The van der Waals surface area contributed by atoms with Gasteiger partial charge in [0.2, 0.25) is 0 Å². The Balaban J connectivity index is 1.67. The highest BCUT2D eigenvalue weighted by Gasteiger charge is 2.16. The minimum absolute atomic E-state index is 0.278. The number of nitrogens with zero attached hydrogens (tertiary/aromatic N) is 1. The molecule has 154 valence electrons. The second-order valence-electron chi connectivity index (χ2n) is 6.30. The van der Waals surface area contributed by atoms with Crippen LogP contribution in [0.25, 0.3) is 0 Å². The molecule has 3 aromatic rings. The van der Waals surface area contributed by atoms with Crippen LogP contribution in [0.3, 0.4) is 0 Å². The topological polar surface area (TPSA) is 77.1 Å². The third-order valence-corrected chi connectivity index (χ3v) is 4.37. The fourth-order valence-corrected chi connectivity index (χ4v) is 2.73. The van der Waals surface area contributed by atoms with Gasteiger partial charge in [0, 0.05) is 24.5 Å². The summed E-state index contributed by atoms with van der Waals surface area (Å²) in [6.07, 6.45) is 0. The Kier molecular flexibility index (Phi) is 6.54. The molecule has 0 saturated carbocycles. The highest BCUT2D eigenvalue weighted by molar-refractivity contribution is 6.02. The Bertz CT molecular complexity index is 1020. The van der Waals surface area contributed by atoms with E-state index in [1.54, 1.807) is 43.4 Å². The van der Waals surface area contributed by atoms with E-state index in [9.17, 15) is 9.59 Å². The summed E-state index contributed by atoms with van der Waals surface area (Å²) in [6, 6.07) is 21.0. The highest BCUT2D eigenvalue weighted by Crippen LogP contribution is 2.26. The van der Waals surface area contributed by atoms with Crippen molar-refractivity contribution >= 4 is 23.4 Å². The van der Waals surface area contributed by atoms with Crippen molar-refractivity contribution in [3.05, 3.63) is 78.4 Å². The molecule has 7 heteroatoms. The van der Waals surface area contributed by atoms with E-state index in [2.05, 4.69) is 5.32 Å². The minimum atomic E-state index is -0.514. The molecule has 0 saturated heterocycles. The Morgan fingerprint density at radius 1 is 0.867 bits per heavy atom. The van der Waals surface area contributed by atoms with Gasteiger partial charge < -0.3 is 19.5 Å². The number of ether oxygens (including phenoxy) is 3. The number of hydrogen-bond acceptors (Lipinski definition) is 5. The van der Waals surface area contributed by atoms with Crippen LogP contribution < -0.4 is 19.7 Å². The molecule has 0 aliphatic rings. The summed E-state index contributed by atoms with van der Waals surface area (Å²) in [4.78, 5) is 25.8. The van der Waals surface area contributed by atoms with E-state index in [-0.39, 0.29) is 11.6 Å². The van der Waals surface area contributed by atoms with Crippen LogP contribution >= 0.6 is 0 Å². The van der Waals surface area contributed by atoms with Crippen molar-refractivity contribution in [1.82, 2.24) is 0 Å². The average Bonchev–Trinajstić information content (AvgIpc) is 2.79. The summed E-state index contributed by atoms with van der Waals surface area (Å²) in [5.74, 6) is 1.20. The van der Waals surface area contributed by atoms with Gasteiger partial charge in [0.1, 0.15) is 22.8 Å². The quantitative estimate of drug-likeness (QED) is 0.587. The lowest BCUT2D eigenvalue weighted by Gasteiger charge is -2.19. The summed E-state index contributed by atoms with van der Waals surface area (Å²) in [5.41, 5.74) is 1.45. The summed E-state index contributed by atoms with van der Waals surface area (Å²) in [5, 5.41) is 2.78. The molecule has 30 heavy (non-hydrogen) atoms. The van der Waals surface area contributed by atoms with Crippen LogP contribution in [-0.4, -0.2) is 33.3 Å². The van der Waals surface area contributed by atoms with Gasteiger partial charge in [-0.1, -0.05) is 18.2 Å². The molecule has 0 aliphatic heterocycles.